The lowest BCUT2D eigenvalue weighted by Gasteiger charge is -2.13. The largest absolute Gasteiger partial charge is 0.491 e. The number of aryl methyl sites for hydroxylation is 1. The third kappa shape index (κ3) is 5.28. The zero-order valence-electron chi connectivity index (χ0n) is 16.9. The minimum Gasteiger partial charge on any atom is -0.491 e. The van der Waals surface area contributed by atoms with Crippen molar-refractivity contribution in [3.63, 3.8) is 0 Å². The Hall–Kier alpha value is -3.23. The lowest BCUT2D eigenvalue weighted by Crippen LogP contribution is -2.20. The average molecular weight is 437 g/mol. The highest BCUT2D eigenvalue weighted by molar-refractivity contribution is 7.99. The first-order valence-electron chi connectivity index (χ1n) is 9.72. The molecule has 4 aromatic rings. The molecule has 8 heteroatoms. The van der Waals surface area contributed by atoms with Gasteiger partial charge in [-0.1, -0.05) is 29.5 Å². The van der Waals surface area contributed by atoms with Crippen LogP contribution >= 0.6 is 11.8 Å². The first-order chi connectivity index (χ1) is 15.1. The summed E-state index contributed by atoms with van der Waals surface area (Å²) in [6.45, 7) is 2.13. The summed E-state index contributed by atoms with van der Waals surface area (Å²) in [6, 6.07) is 17.6. The molecule has 31 heavy (non-hydrogen) atoms. The normalized spacial score (nSPS) is 12.0. The molecule has 0 amide bonds. The first kappa shape index (κ1) is 21.0. The van der Waals surface area contributed by atoms with Gasteiger partial charge in [-0.15, -0.1) is 10.2 Å². The zero-order chi connectivity index (χ0) is 21.6. The lowest BCUT2D eigenvalue weighted by atomic mass is 10.2. The molecule has 6 nitrogen and oxygen atoms in total. The molecule has 2 aromatic heterocycles. The van der Waals surface area contributed by atoms with Crippen LogP contribution in [0.2, 0.25) is 0 Å². The molecule has 0 aliphatic heterocycles. The maximum absolute atomic E-state index is 13.0. The second-order valence-electron chi connectivity index (χ2n) is 6.94. The van der Waals surface area contributed by atoms with Gasteiger partial charge in [0.2, 0.25) is 0 Å². The van der Waals surface area contributed by atoms with E-state index in [1.807, 2.05) is 47.9 Å². The molecule has 0 spiro atoms. The van der Waals surface area contributed by atoms with E-state index >= 15 is 0 Å². The second kappa shape index (κ2) is 9.72. The van der Waals surface area contributed by atoms with Gasteiger partial charge in [-0.3, -0.25) is 9.55 Å². The molecule has 158 valence electrons. The molecule has 0 aliphatic carbocycles. The quantitative estimate of drug-likeness (QED) is 0.415. The molecule has 0 saturated heterocycles. The minimum absolute atomic E-state index is 0.0918. The number of aromatic nitrogens is 4. The van der Waals surface area contributed by atoms with Gasteiger partial charge in [0.05, 0.1) is 6.10 Å². The topological polar surface area (TPSA) is 73.1 Å². The van der Waals surface area contributed by atoms with Crippen LogP contribution in [-0.2, 0) is 0 Å². The van der Waals surface area contributed by atoms with E-state index in [4.69, 9.17) is 4.74 Å². The number of aliphatic hydroxyl groups excluding tert-OH is 1. The summed E-state index contributed by atoms with van der Waals surface area (Å²) in [5.41, 5.74) is 2.99. The summed E-state index contributed by atoms with van der Waals surface area (Å²) in [4.78, 5) is 4.07. The molecule has 4 rings (SSSR count). The summed E-state index contributed by atoms with van der Waals surface area (Å²) in [7, 11) is 0. The number of nitrogens with zero attached hydrogens (tertiary/aromatic N) is 4. The number of ether oxygens (including phenoxy) is 1. The van der Waals surface area contributed by atoms with E-state index < -0.39 is 6.10 Å². The van der Waals surface area contributed by atoms with Crippen molar-refractivity contribution in [1.29, 1.82) is 0 Å². The predicted octanol–water partition coefficient (Wildman–Crippen LogP) is 4.31. The van der Waals surface area contributed by atoms with E-state index in [-0.39, 0.29) is 12.4 Å². The molecule has 2 heterocycles. The fraction of sp³-hybridized carbons (Fsp3) is 0.174. The minimum atomic E-state index is -0.734. The van der Waals surface area contributed by atoms with E-state index in [9.17, 15) is 9.50 Å². The standard InChI is InChI=1S/C23H21FN4O2S/c1-16-2-6-19(7-3-16)28-22(17-10-12-25-13-11-17)26-27-23(28)31-15-20(29)14-30-21-8-4-18(24)5-9-21/h2-13,20,29H,14-15H2,1H3. The highest BCUT2D eigenvalue weighted by Crippen LogP contribution is 2.28. The van der Waals surface area contributed by atoms with Gasteiger partial charge in [-0.25, -0.2) is 4.39 Å². The van der Waals surface area contributed by atoms with Crippen molar-refractivity contribution in [1.82, 2.24) is 19.7 Å². The Labute approximate surface area is 183 Å². The van der Waals surface area contributed by atoms with E-state index in [2.05, 4.69) is 15.2 Å². The fourth-order valence-electron chi connectivity index (χ4n) is 2.92. The third-order valence-corrected chi connectivity index (χ3v) is 5.60. The number of rotatable bonds is 8. The van der Waals surface area contributed by atoms with Crippen molar-refractivity contribution in [3.8, 4) is 22.8 Å². The number of hydrogen-bond donors (Lipinski definition) is 1. The van der Waals surface area contributed by atoms with Crippen LogP contribution in [-0.4, -0.2) is 43.3 Å². The van der Waals surface area contributed by atoms with E-state index in [1.165, 1.54) is 36.0 Å². The molecule has 0 fully saturated rings. The molecule has 2 aromatic carbocycles. The Kier molecular flexibility index (Phi) is 6.59. The van der Waals surface area contributed by atoms with Gasteiger partial charge in [0, 0.05) is 29.4 Å². The predicted molar refractivity (Wildman–Crippen MR) is 118 cm³/mol. The maximum atomic E-state index is 13.0. The Bertz CT molecular complexity index is 1120. The van der Waals surface area contributed by atoms with Crippen molar-refractivity contribution in [2.24, 2.45) is 0 Å². The number of thioether (sulfide) groups is 1. The molecule has 0 radical (unpaired) electrons. The van der Waals surface area contributed by atoms with Gasteiger partial charge < -0.3 is 9.84 Å². The second-order valence-corrected chi connectivity index (χ2v) is 7.93. The van der Waals surface area contributed by atoms with Gasteiger partial charge in [-0.05, 0) is 55.5 Å². The van der Waals surface area contributed by atoms with Crippen LogP contribution in [0.5, 0.6) is 5.75 Å². The fourth-order valence-corrected chi connectivity index (χ4v) is 3.78. The molecular weight excluding hydrogens is 415 g/mol. The molecule has 1 unspecified atom stereocenters. The highest BCUT2D eigenvalue weighted by Gasteiger charge is 2.17. The monoisotopic (exact) mass is 436 g/mol. The Balaban J connectivity index is 1.50. The van der Waals surface area contributed by atoms with Crippen LogP contribution < -0.4 is 4.74 Å². The lowest BCUT2D eigenvalue weighted by molar-refractivity contribution is 0.126. The summed E-state index contributed by atoms with van der Waals surface area (Å²) >= 11 is 1.39. The SMILES string of the molecule is Cc1ccc(-n2c(SCC(O)COc3ccc(F)cc3)nnc2-c2ccncc2)cc1. The van der Waals surface area contributed by atoms with Crippen molar-refractivity contribution >= 4 is 11.8 Å². The summed E-state index contributed by atoms with van der Waals surface area (Å²) in [5, 5.41) is 19.8. The van der Waals surface area contributed by atoms with Gasteiger partial charge in [0.1, 0.15) is 18.2 Å². The highest BCUT2D eigenvalue weighted by atomic mass is 32.2. The van der Waals surface area contributed by atoms with Gasteiger partial charge in [0.25, 0.3) is 0 Å². The number of pyridine rings is 1. The summed E-state index contributed by atoms with van der Waals surface area (Å²) < 4.78 is 20.5. The van der Waals surface area contributed by atoms with Gasteiger partial charge in [0.15, 0.2) is 11.0 Å². The molecule has 1 N–H and O–H groups in total. The van der Waals surface area contributed by atoms with E-state index in [0.717, 1.165) is 16.8 Å². The van der Waals surface area contributed by atoms with Crippen LogP contribution in [0.3, 0.4) is 0 Å². The Morgan fingerprint density at radius 1 is 1.00 bits per heavy atom. The first-order valence-corrected chi connectivity index (χ1v) is 10.7. The molecular formula is C23H21FN4O2S. The Morgan fingerprint density at radius 3 is 2.42 bits per heavy atom. The van der Waals surface area contributed by atoms with Gasteiger partial charge >= 0.3 is 0 Å². The Morgan fingerprint density at radius 2 is 1.71 bits per heavy atom. The number of halogens is 1. The van der Waals surface area contributed by atoms with Crippen LogP contribution in [0.4, 0.5) is 4.39 Å². The maximum Gasteiger partial charge on any atom is 0.196 e. The molecule has 0 aliphatic rings. The smallest absolute Gasteiger partial charge is 0.196 e. The number of benzene rings is 2. The summed E-state index contributed by atoms with van der Waals surface area (Å²) in [5.74, 6) is 1.24. The molecule has 1 atom stereocenters. The van der Waals surface area contributed by atoms with Gasteiger partial charge in [-0.2, -0.15) is 0 Å². The van der Waals surface area contributed by atoms with Crippen LogP contribution in [0.25, 0.3) is 17.1 Å². The van der Waals surface area contributed by atoms with Crippen LogP contribution in [0.1, 0.15) is 5.56 Å². The van der Waals surface area contributed by atoms with Crippen molar-refractivity contribution < 1.29 is 14.2 Å². The molecule has 0 saturated carbocycles. The van der Waals surface area contributed by atoms with Crippen LogP contribution in [0.15, 0.2) is 78.2 Å². The average Bonchev–Trinajstić information content (AvgIpc) is 3.22. The molecule has 0 bridgehead atoms. The van der Waals surface area contributed by atoms with E-state index in [1.54, 1.807) is 12.4 Å². The van der Waals surface area contributed by atoms with Crippen molar-refractivity contribution in [2.75, 3.05) is 12.4 Å². The van der Waals surface area contributed by atoms with Crippen molar-refractivity contribution in [3.05, 3.63) is 84.4 Å². The van der Waals surface area contributed by atoms with Crippen molar-refractivity contribution in [2.45, 2.75) is 18.2 Å². The van der Waals surface area contributed by atoms with Crippen LogP contribution in [0, 0.1) is 12.7 Å². The van der Waals surface area contributed by atoms with E-state index in [0.29, 0.717) is 22.5 Å². The third-order valence-electron chi connectivity index (χ3n) is 4.52. The summed E-state index contributed by atoms with van der Waals surface area (Å²) in [6.07, 6.45) is 2.70. The number of aliphatic hydroxyl groups is 1. The zero-order valence-corrected chi connectivity index (χ0v) is 17.7. The number of hydrogen-bond acceptors (Lipinski definition) is 6.